The van der Waals surface area contributed by atoms with E-state index in [0.29, 0.717) is 6.61 Å². The van der Waals surface area contributed by atoms with Gasteiger partial charge in [0.05, 0.1) is 17.8 Å². The molecule has 2 atom stereocenters. The Labute approximate surface area is 115 Å². The van der Waals surface area contributed by atoms with Gasteiger partial charge in [0, 0.05) is 6.61 Å². The van der Waals surface area contributed by atoms with Crippen LogP contribution in [0, 0.1) is 0 Å². The summed E-state index contributed by atoms with van der Waals surface area (Å²) in [7, 11) is 0. The zero-order valence-corrected chi connectivity index (χ0v) is 10.9. The first-order chi connectivity index (χ1) is 9.49. The molecule has 4 N–H and O–H groups in total. The molecule has 0 aliphatic carbocycles. The molecule has 1 aromatic carbocycles. The first kappa shape index (κ1) is 14.1. The zero-order chi connectivity index (χ0) is 14.7. The first-order valence-electron chi connectivity index (χ1n) is 6.23. The van der Waals surface area contributed by atoms with Crippen LogP contribution < -0.4 is 10.6 Å². The molecule has 1 fully saturated rings. The van der Waals surface area contributed by atoms with Crippen molar-refractivity contribution in [3.8, 4) is 5.75 Å². The lowest BCUT2D eigenvalue weighted by Gasteiger charge is -2.17. The number of ether oxygens (including phenoxy) is 1. The number of rotatable bonds is 3. The van der Waals surface area contributed by atoms with Gasteiger partial charge in [-0.2, -0.15) is 0 Å². The molecule has 0 bridgehead atoms. The van der Waals surface area contributed by atoms with Crippen LogP contribution in [0.1, 0.15) is 23.7 Å². The van der Waals surface area contributed by atoms with Crippen molar-refractivity contribution in [2.24, 2.45) is 0 Å². The molecule has 1 aliphatic rings. The number of para-hydroxylation sites is 1. The Bertz CT molecular complexity index is 531. The summed E-state index contributed by atoms with van der Waals surface area (Å²) in [6.07, 6.45) is 0.648. The van der Waals surface area contributed by atoms with Crippen LogP contribution in [0.25, 0.3) is 0 Å². The topological polar surface area (TPSA) is 108 Å². The van der Waals surface area contributed by atoms with E-state index in [4.69, 9.17) is 9.84 Å². The Balaban J connectivity index is 2.04. The third kappa shape index (κ3) is 3.00. The Morgan fingerprint density at radius 2 is 2.15 bits per heavy atom. The van der Waals surface area contributed by atoms with E-state index in [1.54, 1.807) is 0 Å². The van der Waals surface area contributed by atoms with E-state index in [1.165, 1.54) is 18.2 Å². The molecule has 0 saturated carbocycles. The van der Waals surface area contributed by atoms with E-state index in [-0.39, 0.29) is 23.4 Å². The second-order valence-electron chi connectivity index (χ2n) is 4.58. The summed E-state index contributed by atoms with van der Waals surface area (Å²) in [5.74, 6) is -1.73. The summed E-state index contributed by atoms with van der Waals surface area (Å²) < 4.78 is 5.32. The fraction of sp³-hybridized carbons (Fsp3) is 0.385. The molecule has 1 aliphatic heterocycles. The van der Waals surface area contributed by atoms with Crippen LogP contribution in [-0.2, 0) is 4.74 Å². The van der Waals surface area contributed by atoms with E-state index in [2.05, 4.69) is 10.6 Å². The largest absolute Gasteiger partial charge is 0.505 e. The second kappa shape index (κ2) is 5.79. The van der Waals surface area contributed by atoms with Gasteiger partial charge in [0.15, 0.2) is 5.75 Å². The monoisotopic (exact) mass is 280 g/mol. The van der Waals surface area contributed by atoms with Crippen LogP contribution >= 0.6 is 0 Å². The maximum Gasteiger partial charge on any atom is 0.339 e. The highest BCUT2D eigenvalue weighted by Crippen LogP contribution is 2.27. The van der Waals surface area contributed by atoms with Crippen LogP contribution in [0.2, 0.25) is 0 Å². The molecule has 1 aromatic rings. The number of benzene rings is 1. The van der Waals surface area contributed by atoms with E-state index in [0.717, 1.165) is 6.42 Å². The Morgan fingerprint density at radius 1 is 1.40 bits per heavy atom. The fourth-order valence-corrected chi connectivity index (χ4v) is 2.07. The number of nitrogens with one attached hydrogen (secondary N) is 2. The summed E-state index contributed by atoms with van der Waals surface area (Å²) >= 11 is 0. The summed E-state index contributed by atoms with van der Waals surface area (Å²) in [6, 6.07) is 3.52. The van der Waals surface area contributed by atoms with Gasteiger partial charge in [-0.15, -0.1) is 0 Å². The number of aromatic hydroxyl groups is 1. The molecule has 7 nitrogen and oxygen atoms in total. The van der Waals surface area contributed by atoms with Crippen molar-refractivity contribution in [3.05, 3.63) is 23.8 Å². The van der Waals surface area contributed by atoms with Crippen LogP contribution in [0.15, 0.2) is 18.2 Å². The lowest BCUT2D eigenvalue weighted by Crippen LogP contribution is -2.41. The van der Waals surface area contributed by atoms with Gasteiger partial charge in [0.2, 0.25) is 0 Å². The highest BCUT2D eigenvalue weighted by Gasteiger charge is 2.26. The first-order valence-corrected chi connectivity index (χ1v) is 6.23. The number of hydrogen-bond donors (Lipinski definition) is 4. The molecule has 1 saturated heterocycles. The second-order valence-corrected chi connectivity index (χ2v) is 4.58. The minimum atomic E-state index is -1.26. The Morgan fingerprint density at radius 3 is 2.75 bits per heavy atom. The number of amides is 2. The summed E-state index contributed by atoms with van der Waals surface area (Å²) in [5, 5.41) is 23.8. The number of carboxylic acid groups (broad SMARTS) is 1. The number of hydrogen-bond acceptors (Lipinski definition) is 4. The summed E-state index contributed by atoms with van der Waals surface area (Å²) in [6.45, 7) is 2.45. The smallest absolute Gasteiger partial charge is 0.339 e. The average molecular weight is 280 g/mol. The van der Waals surface area contributed by atoms with Gasteiger partial charge in [0.25, 0.3) is 0 Å². The maximum absolute atomic E-state index is 11.8. The van der Waals surface area contributed by atoms with Gasteiger partial charge >= 0.3 is 12.0 Å². The normalized spacial score (nSPS) is 21.4. The molecular formula is C13H16N2O5. The van der Waals surface area contributed by atoms with Crippen LogP contribution in [0.3, 0.4) is 0 Å². The predicted molar refractivity (Wildman–Crippen MR) is 71.0 cm³/mol. The molecule has 1 heterocycles. The standard InChI is InChI=1S/C13H16N2O5/c1-7-9(5-6-20-7)14-13(19)15-10-4-2-3-8(11(10)16)12(17)18/h2-4,7,9,16H,5-6H2,1H3,(H,17,18)(H2,14,15,19). The fourth-order valence-electron chi connectivity index (χ4n) is 2.07. The van der Waals surface area contributed by atoms with Gasteiger partial charge in [-0.1, -0.05) is 6.07 Å². The zero-order valence-electron chi connectivity index (χ0n) is 10.9. The number of phenols is 1. The minimum Gasteiger partial charge on any atom is -0.505 e. The van der Waals surface area contributed by atoms with Gasteiger partial charge in [0.1, 0.15) is 5.56 Å². The van der Waals surface area contributed by atoms with Crippen molar-refractivity contribution in [1.29, 1.82) is 0 Å². The Kier molecular flexibility index (Phi) is 4.09. The third-order valence-electron chi connectivity index (χ3n) is 3.21. The molecule has 0 spiro atoms. The maximum atomic E-state index is 11.8. The van der Waals surface area contributed by atoms with Gasteiger partial charge in [-0.05, 0) is 25.5 Å². The SMILES string of the molecule is CC1OCCC1NC(=O)Nc1cccc(C(=O)O)c1O. The molecular weight excluding hydrogens is 264 g/mol. The quantitative estimate of drug-likeness (QED) is 0.626. The number of carboxylic acids is 1. The molecule has 2 rings (SSSR count). The summed E-state index contributed by atoms with van der Waals surface area (Å²) in [4.78, 5) is 22.7. The molecule has 7 heteroatoms. The van der Waals surface area contributed by atoms with E-state index >= 15 is 0 Å². The van der Waals surface area contributed by atoms with Crippen LogP contribution in [-0.4, -0.2) is 41.0 Å². The number of anilines is 1. The third-order valence-corrected chi connectivity index (χ3v) is 3.21. The molecule has 0 radical (unpaired) electrons. The lowest BCUT2D eigenvalue weighted by atomic mass is 10.1. The van der Waals surface area contributed by atoms with Gasteiger partial charge < -0.3 is 25.6 Å². The van der Waals surface area contributed by atoms with Crippen molar-refractivity contribution in [3.63, 3.8) is 0 Å². The van der Waals surface area contributed by atoms with E-state index in [1.807, 2.05) is 6.92 Å². The van der Waals surface area contributed by atoms with Crippen molar-refractivity contribution >= 4 is 17.7 Å². The lowest BCUT2D eigenvalue weighted by molar-refractivity contribution is 0.0693. The molecule has 20 heavy (non-hydrogen) atoms. The minimum absolute atomic E-state index is 0.0500. The van der Waals surface area contributed by atoms with Crippen molar-refractivity contribution < 1.29 is 24.5 Å². The number of carbonyl (C=O) groups is 2. The van der Waals surface area contributed by atoms with Crippen LogP contribution in [0.5, 0.6) is 5.75 Å². The van der Waals surface area contributed by atoms with Crippen molar-refractivity contribution in [2.75, 3.05) is 11.9 Å². The van der Waals surface area contributed by atoms with Gasteiger partial charge in [-0.3, -0.25) is 0 Å². The van der Waals surface area contributed by atoms with Crippen molar-refractivity contribution in [2.45, 2.75) is 25.5 Å². The molecule has 2 unspecified atom stereocenters. The highest BCUT2D eigenvalue weighted by atomic mass is 16.5. The van der Waals surface area contributed by atoms with E-state index < -0.39 is 17.7 Å². The Hall–Kier alpha value is -2.28. The molecule has 2 amide bonds. The van der Waals surface area contributed by atoms with Crippen LogP contribution in [0.4, 0.5) is 10.5 Å². The average Bonchev–Trinajstić information content (AvgIpc) is 2.77. The number of urea groups is 1. The van der Waals surface area contributed by atoms with Gasteiger partial charge in [-0.25, -0.2) is 9.59 Å². The predicted octanol–water partition coefficient (Wildman–Crippen LogP) is 1.39. The molecule has 108 valence electrons. The molecule has 0 aromatic heterocycles. The highest BCUT2D eigenvalue weighted by molar-refractivity contribution is 5.97. The number of carbonyl (C=O) groups excluding carboxylic acids is 1. The van der Waals surface area contributed by atoms with Crippen molar-refractivity contribution in [1.82, 2.24) is 5.32 Å². The van der Waals surface area contributed by atoms with E-state index in [9.17, 15) is 14.7 Å². The summed E-state index contributed by atoms with van der Waals surface area (Å²) in [5.41, 5.74) is -0.214. The number of aromatic carboxylic acids is 1.